The predicted molar refractivity (Wildman–Crippen MR) is 234 cm³/mol. The summed E-state index contributed by atoms with van der Waals surface area (Å²) in [6, 6.07) is 7.33. The van der Waals surface area contributed by atoms with E-state index in [9.17, 15) is 55.2 Å². The number of rotatable bonds is 18. The number of hydrogen-bond donors (Lipinski definition) is 0. The normalized spacial score (nSPS) is 24.4. The van der Waals surface area contributed by atoms with Crippen molar-refractivity contribution >= 4 is 67.9 Å². The van der Waals surface area contributed by atoms with Gasteiger partial charge in [0.2, 0.25) is 5.91 Å². The molecule has 0 unspecified atom stereocenters. The van der Waals surface area contributed by atoms with Gasteiger partial charge in [0.15, 0.2) is 36.9 Å². The van der Waals surface area contributed by atoms with E-state index in [-0.39, 0.29) is 8.61 Å². The van der Waals surface area contributed by atoms with E-state index in [0.29, 0.717) is 11.1 Å². The van der Waals surface area contributed by atoms with E-state index in [1.54, 1.807) is 13.8 Å². The van der Waals surface area contributed by atoms with Gasteiger partial charge in [-0.25, -0.2) is 25.9 Å². The molecule has 2 aliphatic rings. The molecule has 0 radical (unpaired) electrons. The van der Waals surface area contributed by atoms with Crippen LogP contribution in [-0.4, -0.2) is 154 Å². The Morgan fingerprint density at radius 1 is 0.543 bits per heavy atom. The molecule has 2 aliphatic heterocycles. The Kier molecular flexibility index (Phi) is 19.2. The summed E-state index contributed by atoms with van der Waals surface area (Å²) in [4.78, 5) is 103. The topological polar surface area (TPSA) is 304 Å². The molecule has 0 N–H and O–H groups in total. The van der Waals surface area contributed by atoms with Crippen molar-refractivity contribution in [3.63, 3.8) is 0 Å². The van der Waals surface area contributed by atoms with Gasteiger partial charge >= 0.3 is 41.9 Å². The maximum Gasteiger partial charge on any atom is 0.426 e. The maximum absolute atomic E-state index is 15.0. The predicted octanol–water partition coefficient (Wildman–Crippen LogP) is 1.91. The van der Waals surface area contributed by atoms with E-state index in [1.165, 1.54) is 24.3 Å². The summed E-state index contributed by atoms with van der Waals surface area (Å²) in [6.45, 7) is 10.7. The summed E-state index contributed by atoms with van der Waals surface area (Å²) in [5.74, 6) is -7.64. The van der Waals surface area contributed by atoms with Crippen molar-refractivity contribution in [1.82, 2.24) is 8.61 Å². The summed E-state index contributed by atoms with van der Waals surface area (Å²) in [5.41, 5.74) is 1.13. The average Bonchev–Trinajstić information content (AvgIpc) is 3.24. The van der Waals surface area contributed by atoms with Crippen LogP contribution in [0.3, 0.4) is 0 Å². The molecule has 26 heteroatoms. The zero-order valence-corrected chi connectivity index (χ0v) is 41.1. The van der Waals surface area contributed by atoms with Crippen LogP contribution in [0, 0.1) is 13.8 Å². The van der Waals surface area contributed by atoms with E-state index in [0.717, 1.165) is 78.8 Å². The second kappa shape index (κ2) is 23.9. The van der Waals surface area contributed by atoms with Crippen LogP contribution < -0.4 is 0 Å². The first-order chi connectivity index (χ1) is 32.7. The van der Waals surface area contributed by atoms with Crippen LogP contribution >= 0.6 is 0 Å². The molecule has 2 saturated heterocycles. The lowest BCUT2D eigenvalue weighted by Crippen LogP contribution is -2.73. The van der Waals surface area contributed by atoms with Gasteiger partial charge in [0.25, 0.3) is 20.0 Å². The molecular weight excluding hydrogens is 973 g/mol. The first kappa shape index (κ1) is 56.1. The third kappa shape index (κ3) is 13.9. The second-order valence-corrected chi connectivity index (χ2v) is 19.3. The number of nitrogens with zero attached hydrogens (tertiary/aromatic N) is 2. The van der Waals surface area contributed by atoms with Gasteiger partial charge in [0.05, 0.1) is 9.79 Å². The summed E-state index contributed by atoms with van der Waals surface area (Å²) in [6.07, 6.45) is -19.3. The fraction of sp³-hybridized carbons (Fsp3) is 0.500. The van der Waals surface area contributed by atoms with E-state index >= 15 is 0 Å². The maximum atomic E-state index is 15.0. The number of hydrogen-bond acceptors (Lipinski definition) is 22. The first-order valence-corrected chi connectivity index (χ1v) is 24.0. The minimum atomic E-state index is -5.32. The first-order valence-electron chi connectivity index (χ1n) is 21.1. The molecular formula is C44H54N2O22S2. The molecule has 0 bridgehead atoms. The number of amides is 2. The zero-order chi connectivity index (χ0) is 52.4. The highest BCUT2D eigenvalue weighted by atomic mass is 32.2. The Morgan fingerprint density at radius 2 is 0.957 bits per heavy atom. The number of carbonyl (C=O) groups excluding carboxylic acids is 8. The van der Waals surface area contributed by atoms with Crippen LogP contribution in [0.1, 0.15) is 59.6 Å². The molecule has 2 heterocycles. The lowest BCUT2D eigenvalue weighted by atomic mass is 9.94. The summed E-state index contributed by atoms with van der Waals surface area (Å²) in [7, 11) is -10.6. The molecule has 0 aromatic heterocycles. The number of sulfonamides is 2. The fourth-order valence-electron chi connectivity index (χ4n) is 7.35. The van der Waals surface area contributed by atoms with Crippen molar-refractivity contribution < 1.29 is 103 Å². The monoisotopic (exact) mass is 1030 g/mol. The van der Waals surface area contributed by atoms with Crippen LogP contribution in [0.4, 0.5) is 4.79 Å². The van der Waals surface area contributed by atoms with Crippen molar-refractivity contribution in [3.05, 3.63) is 72.3 Å². The van der Waals surface area contributed by atoms with E-state index < -0.39 is 159 Å². The number of esters is 6. The molecule has 2 aromatic rings. The molecule has 4 rings (SSSR count). The fourth-order valence-corrected chi connectivity index (χ4v) is 10.3. The molecule has 0 spiro atoms. The smallest absolute Gasteiger partial charge is 0.426 e. The molecule has 2 amide bonds. The van der Waals surface area contributed by atoms with Crippen LogP contribution in [-0.2, 0) is 101 Å². The summed E-state index contributed by atoms with van der Waals surface area (Å²) < 4.78 is 117. The summed E-state index contributed by atoms with van der Waals surface area (Å²) in [5, 5.41) is 0. The third-order valence-corrected chi connectivity index (χ3v) is 13.7. The highest BCUT2D eigenvalue weighted by molar-refractivity contribution is 7.90. The molecule has 10 atom stereocenters. The van der Waals surface area contributed by atoms with Crippen LogP contribution in [0.25, 0.3) is 0 Å². The third-order valence-electron chi connectivity index (χ3n) is 10.1. The Balaban J connectivity index is 2.16. The van der Waals surface area contributed by atoms with Gasteiger partial charge in [0, 0.05) is 48.5 Å². The van der Waals surface area contributed by atoms with Crippen molar-refractivity contribution in [2.45, 2.75) is 133 Å². The minimum absolute atomic E-state index is 0.0335. The van der Waals surface area contributed by atoms with Gasteiger partial charge in [-0.1, -0.05) is 48.0 Å². The van der Waals surface area contributed by atoms with Gasteiger partial charge in [-0.2, -0.15) is 4.31 Å². The summed E-state index contributed by atoms with van der Waals surface area (Å²) >= 11 is 0. The van der Waals surface area contributed by atoms with Gasteiger partial charge in [0.1, 0.15) is 44.2 Å². The Bertz CT molecular complexity index is 2520. The van der Waals surface area contributed by atoms with Crippen LogP contribution in [0.15, 0.2) is 71.0 Å². The van der Waals surface area contributed by atoms with Crippen molar-refractivity contribution in [3.8, 4) is 0 Å². The number of ether oxygens (including phenoxy) is 10. The highest BCUT2D eigenvalue weighted by Gasteiger charge is 2.62. The molecule has 2 aromatic carbocycles. The zero-order valence-electron chi connectivity index (χ0n) is 39.5. The van der Waals surface area contributed by atoms with Crippen molar-refractivity contribution in [2.24, 2.45) is 0 Å². The number of aryl methyl sites for hydroxylation is 2. The number of benzene rings is 2. The largest absolute Gasteiger partial charge is 0.463 e. The van der Waals surface area contributed by atoms with Gasteiger partial charge in [-0.05, 0) is 38.1 Å². The molecule has 0 saturated carbocycles. The quantitative estimate of drug-likeness (QED) is 0.117. The van der Waals surface area contributed by atoms with E-state index in [4.69, 9.17) is 47.4 Å². The lowest BCUT2D eigenvalue weighted by Gasteiger charge is -2.52. The number of carbonyl (C=O) groups is 8. The molecule has 384 valence electrons. The van der Waals surface area contributed by atoms with Crippen LogP contribution in [0.5, 0.6) is 0 Å². The van der Waals surface area contributed by atoms with E-state index in [2.05, 4.69) is 6.58 Å². The second-order valence-electron chi connectivity index (χ2n) is 15.7. The van der Waals surface area contributed by atoms with Gasteiger partial charge in [-0.3, -0.25) is 33.6 Å². The van der Waals surface area contributed by atoms with E-state index in [1.807, 2.05) is 0 Å². The standard InChI is InChI=1S/C44H54N2O22S2/c1-11-20-59-44(54)46(70(57,58)33-18-14-24(3)15-19-33)42-36(45(25(4)47)69(55,56)32-16-12-23(2)13-17-32)39(63-29(8)51)37(34(66-42)21-60-26(5)48)68-43-41(65-31(10)53)40(64-30(9)52)38(62-28(7)50)35(67-43)22-61-27(6)49/h11-19,34-43H,1,20-22H2,2-10H3/t34-,35-,36-,37-,38+,39-,40+,41-,42-,43+/m1/s1. The van der Waals surface area contributed by atoms with Crippen LogP contribution in [0.2, 0.25) is 0 Å². The molecule has 70 heavy (non-hydrogen) atoms. The SMILES string of the molecule is C=CCOC(=O)N([C@@H]1O[C@H](COC(C)=O)[C@@H](O[C@@H]2O[C@H](COC(C)=O)[C@H](OC(C)=O)[C@H](OC(C)=O)[C@H]2OC(C)=O)[C@H](OC(C)=O)[C@H]1N(C(C)=O)S(=O)(=O)c1ccc(C)cc1)S(=O)(=O)c1ccc(C)cc1. The van der Waals surface area contributed by atoms with Crippen molar-refractivity contribution in [2.75, 3.05) is 19.8 Å². The lowest BCUT2D eigenvalue weighted by molar-refractivity contribution is -0.343. The Morgan fingerprint density at radius 3 is 1.39 bits per heavy atom. The average molecular weight is 1030 g/mol. The molecule has 0 aliphatic carbocycles. The van der Waals surface area contributed by atoms with Gasteiger partial charge < -0.3 is 47.4 Å². The Hall–Kier alpha value is -6.48. The minimum Gasteiger partial charge on any atom is -0.463 e. The van der Waals surface area contributed by atoms with Gasteiger partial charge in [-0.15, -0.1) is 0 Å². The highest BCUT2D eigenvalue weighted by Crippen LogP contribution is 2.40. The van der Waals surface area contributed by atoms with Crippen molar-refractivity contribution in [1.29, 1.82) is 0 Å². The molecule has 24 nitrogen and oxygen atoms in total. The Labute approximate surface area is 403 Å². The molecule has 2 fully saturated rings.